The number of anilines is 1. The lowest BCUT2D eigenvalue weighted by molar-refractivity contribution is -0.122. The van der Waals surface area contributed by atoms with Crippen LogP contribution in [0, 0.1) is 13.8 Å². The Balaban J connectivity index is 1.61. The minimum absolute atomic E-state index is 0.107. The second-order valence-corrected chi connectivity index (χ2v) is 7.82. The highest BCUT2D eigenvalue weighted by Gasteiger charge is 2.37. The molecular formula is C26H20N4O3. The first-order valence-electron chi connectivity index (χ1n) is 10.4. The molecule has 3 heterocycles. The van der Waals surface area contributed by atoms with Crippen molar-refractivity contribution in [2.24, 2.45) is 0 Å². The first kappa shape index (κ1) is 20.4. The maximum Gasteiger partial charge on any atom is 0.335 e. The Morgan fingerprint density at radius 3 is 2.42 bits per heavy atom. The molecule has 33 heavy (non-hydrogen) atoms. The number of amides is 4. The largest absolute Gasteiger partial charge is 0.335 e. The number of rotatable bonds is 3. The van der Waals surface area contributed by atoms with Gasteiger partial charge in [0.25, 0.3) is 11.8 Å². The first-order valence-corrected chi connectivity index (χ1v) is 10.4. The average Bonchev–Trinajstić information content (AvgIpc) is 3.09. The van der Waals surface area contributed by atoms with Gasteiger partial charge in [0.15, 0.2) is 0 Å². The quantitative estimate of drug-likeness (QED) is 0.383. The van der Waals surface area contributed by atoms with Crippen LogP contribution in [0.5, 0.6) is 0 Å². The number of carbonyl (C=O) groups is 3. The molecule has 0 unspecified atom stereocenters. The van der Waals surface area contributed by atoms with E-state index < -0.39 is 17.8 Å². The number of hydrogen-bond donors (Lipinski definition) is 1. The number of aromatic nitrogens is 2. The topological polar surface area (TPSA) is 84.3 Å². The fourth-order valence-corrected chi connectivity index (χ4v) is 4.25. The highest BCUT2D eigenvalue weighted by molar-refractivity contribution is 6.39. The van der Waals surface area contributed by atoms with Crippen LogP contribution in [0.4, 0.5) is 10.5 Å². The smallest absolute Gasteiger partial charge is 0.317 e. The zero-order valence-electron chi connectivity index (χ0n) is 18.1. The molecule has 1 aliphatic heterocycles. The lowest BCUT2D eigenvalue weighted by atomic mass is 10.1. The number of nitrogens with zero attached hydrogens (tertiary/aromatic N) is 3. The summed E-state index contributed by atoms with van der Waals surface area (Å²) in [7, 11) is 0. The second kappa shape index (κ2) is 7.87. The summed E-state index contributed by atoms with van der Waals surface area (Å²) in [4.78, 5) is 43.0. The second-order valence-electron chi connectivity index (χ2n) is 7.82. The van der Waals surface area contributed by atoms with Gasteiger partial charge in [-0.05, 0) is 55.1 Å². The summed E-state index contributed by atoms with van der Waals surface area (Å²) in [6.07, 6.45) is 4.50. The number of benzene rings is 2. The Kier molecular flexibility index (Phi) is 4.86. The van der Waals surface area contributed by atoms with Crippen molar-refractivity contribution in [2.45, 2.75) is 13.8 Å². The summed E-state index contributed by atoms with van der Waals surface area (Å²) < 4.78 is 2.10. The van der Waals surface area contributed by atoms with Gasteiger partial charge in [0, 0.05) is 29.2 Å². The predicted molar refractivity (Wildman–Crippen MR) is 126 cm³/mol. The average molecular weight is 436 g/mol. The molecule has 4 aromatic rings. The van der Waals surface area contributed by atoms with Gasteiger partial charge in [0.05, 0.1) is 11.4 Å². The highest BCUT2D eigenvalue weighted by atomic mass is 16.2. The number of urea groups is 1. The Morgan fingerprint density at radius 2 is 1.64 bits per heavy atom. The van der Waals surface area contributed by atoms with Gasteiger partial charge in [-0.1, -0.05) is 36.4 Å². The number of fused-ring (bicyclic) bond motifs is 1. The van der Waals surface area contributed by atoms with Crippen molar-refractivity contribution in [1.29, 1.82) is 0 Å². The van der Waals surface area contributed by atoms with E-state index >= 15 is 0 Å². The van der Waals surface area contributed by atoms with E-state index in [1.165, 1.54) is 24.5 Å². The molecule has 1 N–H and O–H groups in total. The standard InChI is InChI=1S/C26H20N4O3/c1-16-14-19(17(2)29(16)23-9-5-7-18-6-3-4-8-21(18)23)15-22-24(31)28-26(33)30(25(22)32)20-10-12-27-13-11-20/h3-15H,1-2H3,(H,28,31,33)/b22-15+. The third kappa shape index (κ3) is 3.40. The molecule has 0 saturated carbocycles. The van der Waals surface area contributed by atoms with Gasteiger partial charge in [-0.3, -0.25) is 19.9 Å². The summed E-state index contributed by atoms with van der Waals surface area (Å²) in [6, 6.07) is 18.5. The van der Waals surface area contributed by atoms with Crippen molar-refractivity contribution >= 4 is 40.4 Å². The Morgan fingerprint density at radius 1 is 0.909 bits per heavy atom. The number of hydrogen-bond acceptors (Lipinski definition) is 4. The fraction of sp³-hybridized carbons (Fsp3) is 0.0769. The van der Waals surface area contributed by atoms with E-state index in [1.807, 2.05) is 44.2 Å². The van der Waals surface area contributed by atoms with E-state index in [4.69, 9.17) is 0 Å². The minimum atomic E-state index is -0.783. The Labute approximate surface area is 190 Å². The molecule has 0 radical (unpaired) electrons. The fourth-order valence-electron chi connectivity index (χ4n) is 4.25. The third-order valence-electron chi connectivity index (χ3n) is 5.80. The van der Waals surface area contributed by atoms with Crippen LogP contribution in [0.1, 0.15) is 17.0 Å². The van der Waals surface area contributed by atoms with Gasteiger partial charge < -0.3 is 4.57 Å². The molecule has 1 aliphatic rings. The van der Waals surface area contributed by atoms with E-state index in [1.54, 1.807) is 6.08 Å². The Bertz CT molecular complexity index is 1460. The van der Waals surface area contributed by atoms with E-state index in [-0.39, 0.29) is 5.57 Å². The molecule has 162 valence electrons. The number of pyridine rings is 1. The van der Waals surface area contributed by atoms with Crippen LogP contribution < -0.4 is 10.2 Å². The monoisotopic (exact) mass is 436 g/mol. The van der Waals surface area contributed by atoms with E-state index in [0.717, 1.165) is 38.3 Å². The molecule has 0 atom stereocenters. The van der Waals surface area contributed by atoms with Crippen molar-refractivity contribution < 1.29 is 14.4 Å². The summed E-state index contributed by atoms with van der Waals surface area (Å²) in [5, 5.41) is 4.48. The zero-order valence-corrected chi connectivity index (χ0v) is 18.1. The molecule has 5 rings (SSSR count). The molecule has 1 fully saturated rings. The molecule has 0 bridgehead atoms. The SMILES string of the molecule is Cc1cc(/C=C2\C(=O)NC(=O)N(c3ccncc3)C2=O)c(C)n1-c1cccc2ccccc12. The van der Waals surface area contributed by atoms with Crippen molar-refractivity contribution in [1.82, 2.24) is 14.9 Å². The summed E-state index contributed by atoms with van der Waals surface area (Å²) >= 11 is 0. The van der Waals surface area contributed by atoms with Crippen LogP contribution in [0.25, 0.3) is 22.5 Å². The maximum atomic E-state index is 13.1. The molecule has 0 aliphatic carbocycles. The molecule has 7 nitrogen and oxygen atoms in total. The van der Waals surface area contributed by atoms with Crippen molar-refractivity contribution in [3.05, 3.63) is 95.6 Å². The summed E-state index contributed by atoms with van der Waals surface area (Å²) in [6.45, 7) is 3.92. The lowest BCUT2D eigenvalue weighted by Gasteiger charge is -2.26. The summed E-state index contributed by atoms with van der Waals surface area (Å²) in [5.41, 5.74) is 3.81. The number of imide groups is 2. The normalized spacial score (nSPS) is 15.4. The van der Waals surface area contributed by atoms with Gasteiger partial charge >= 0.3 is 6.03 Å². The molecule has 7 heteroatoms. The molecule has 0 spiro atoms. The predicted octanol–water partition coefficient (Wildman–Crippen LogP) is 4.31. The van der Waals surface area contributed by atoms with Crippen molar-refractivity contribution in [2.75, 3.05) is 4.90 Å². The van der Waals surface area contributed by atoms with Gasteiger partial charge in [0.2, 0.25) is 0 Å². The van der Waals surface area contributed by atoms with Crippen molar-refractivity contribution in [3.8, 4) is 5.69 Å². The molecular weight excluding hydrogens is 416 g/mol. The zero-order chi connectivity index (χ0) is 23.1. The first-order chi connectivity index (χ1) is 16.0. The Hall–Kier alpha value is -4.52. The van der Waals surface area contributed by atoms with E-state index in [9.17, 15) is 14.4 Å². The molecule has 1 saturated heterocycles. The van der Waals surface area contributed by atoms with Gasteiger partial charge in [-0.2, -0.15) is 0 Å². The minimum Gasteiger partial charge on any atom is -0.317 e. The van der Waals surface area contributed by atoms with Crippen LogP contribution >= 0.6 is 0 Å². The van der Waals surface area contributed by atoms with Gasteiger partial charge in [0.1, 0.15) is 5.57 Å². The van der Waals surface area contributed by atoms with Crippen LogP contribution in [0.3, 0.4) is 0 Å². The number of nitrogens with one attached hydrogen (secondary N) is 1. The van der Waals surface area contributed by atoms with Crippen LogP contribution in [-0.2, 0) is 9.59 Å². The third-order valence-corrected chi connectivity index (χ3v) is 5.80. The lowest BCUT2D eigenvalue weighted by Crippen LogP contribution is -2.54. The maximum absolute atomic E-state index is 13.1. The van der Waals surface area contributed by atoms with E-state index in [0.29, 0.717) is 5.69 Å². The van der Waals surface area contributed by atoms with Crippen LogP contribution in [0.2, 0.25) is 0 Å². The number of carbonyl (C=O) groups excluding carboxylic acids is 3. The van der Waals surface area contributed by atoms with Gasteiger partial charge in [-0.25, -0.2) is 9.69 Å². The molecule has 2 aromatic heterocycles. The number of aryl methyl sites for hydroxylation is 1. The van der Waals surface area contributed by atoms with Crippen LogP contribution in [-0.4, -0.2) is 27.4 Å². The van der Waals surface area contributed by atoms with E-state index in [2.05, 4.69) is 33.1 Å². The molecule has 4 amide bonds. The number of barbiturate groups is 1. The van der Waals surface area contributed by atoms with Gasteiger partial charge in [-0.15, -0.1) is 0 Å². The van der Waals surface area contributed by atoms with Crippen molar-refractivity contribution in [3.63, 3.8) is 0 Å². The highest BCUT2D eigenvalue weighted by Crippen LogP contribution is 2.29. The summed E-state index contributed by atoms with van der Waals surface area (Å²) in [5.74, 6) is -1.39. The molecule has 2 aromatic carbocycles. The van der Waals surface area contributed by atoms with Crippen LogP contribution in [0.15, 0.2) is 78.6 Å².